The number of para-hydroxylation sites is 1. The Morgan fingerprint density at radius 2 is 1.86 bits per heavy atom. The van der Waals surface area contributed by atoms with Crippen LogP contribution in [0.1, 0.15) is 17.7 Å². The number of carbonyl (C=O) groups excluding carboxylic acids is 1. The van der Waals surface area contributed by atoms with Crippen LogP contribution in [0.2, 0.25) is 0 Å². The lowest BCUT2D eigenvalue weighted by molar-refractivity contribution is -0.121. The maximum atomic E-state index is 13.9. The topological polar surface area (TPSA) is 60.1 Å². The molecule has 146 valence electrons. The number of carbonyl (C=O) groups is 1. The highest BCUT2D eigenvalue weighted by Crippen LogP contribution is 2.25. The van der Waals surface area contributed by atoms with Gasteiger partial charge < -0.3 is 9.73 Å². The molecule has 0 aliphatic heterocycles. The highest BCUT2D eigenvalue weighted by molar-refractivity contribution is 5.76. The van der Waals surface area contributed by atoms with E-state index >= 15 is 0 Å². The Morgan fingerprint density at radius 3 is 2.69 bits per heavy atom. The quantitative estimate of drug-likeness (QED) is 0.506. The Hall–Kier alpha value is -3.67. The minimum Gasteiger partial charge on any atom is -0.461 e. The molecule has 2 aromatic carbocycles. The van der Waals surface area contributed by atoms with Crippen molar-refractivity contribution in [2.75, 3.05) is 0 Å². The number of benzene rings is 2. The average Bonchev–Trinajstić information content (AvgIpc) is 3.43. The van der Waals surface area contributed by atoms with Crippen molar-refractivity contribution in [3.63, 3.8) is 0 Å². The van der Waals surface area contributed by atoms with Gasteiger partial charge in [-0.1, -0.05) is 30.3 Å². The van der Waals surface area contributed by atoms with Crippen LogP contribution in [-0.2, 0) is 17.8 Å². The van der Waals surface area contributed by atoms with E-state index in [1.165, 1.54) is 6.07 Å². The molecule has 1 N–H and O–H groups in total. The van der Waals surface area contributed by atoms with Gasteiger partial charge in [-0.3, -0.25) is 4.79 Å². The minimum atomic E-state index is -0.331. The summed E-state index contributed by atoms with van der Waals surface area (Å²) in [6, 6.07) is 19.6. The molecule has 29 heavy (non-hydrogen) atoms. The number of amides is 1. The van der Waals surface area contributed by atoms with E-state index in [9.17, 15) is 9.18 Å². The molecule has 0 atom stereocenters. The zero-order chi connectivity index (χ0) is 20.1. The van der Waals surface area contributed by atoms with Crippen LogP contribution >= 0.6 is 0 Å². The lowest BCUT2D eigenvalue weighted by Gasteiger charge is -2.10. The molecule has 2 aromatic heterocycles. The Balaban J connectivity index is 1.33. The van der Waals surface area contributed by atoms with Crippen LogP contribution < -0.4 is 5.32 Å². The first-order valence-electron chi connectivity index (χ1n) is 9.39. The monoisotopic (exact) mass is 389 g/mol. The molecule has 1 amide bonds. The van der Waals surface area contributed by atoms with Crippen LogP contribution in [0, 0.1) is 5.82 Å². The Bertz CT molecular complexity index is 1100. The van der Waals surface area contributed by atoms with Gasteiger partial charge in [0.05, 0.1) is 11.3 Å². The van der Waals surface area contributed by atoms with E-state index in [2.05, 4.69) is 10.4 Å². The van der Waals surface area contributed by atoms with Gasteiger partial charge in [-0.2, -0.15) is 5.10 Å². The summed E-state index contributed by atoms with van der Waals surface area (Å²) in [7, 11) is 0. The van der Waals surface area contributed by atoms with E-state index in [1.807, 2.05) is 36.5 Å². The largest absolute Gasteiger partial charge is 0.461 e. The van der Waals surface area contributed by atoms with Gasteiger partial charge in [0.2, 0.25) is 5.91 Å². The summed E-state index contributed by atoms with van der Waals surface area (Å²) in [6.07, 6.45) is 4.31. The van der Waals surface area contributed by atoms with Crippen LogP contribution in [-0.4, -0.2) is 15.7 Å². The van der Waals surface area contributed by atoms with Gasteiger partial charge in [-0.05, 0) is 42.0 Å². The lowest BCUT2D eigenvalue weighted by atomic mass is 10.1. The number of rotatable bonds is 7. The van der Waals surface area contributed by atoms with E-state index in [0.717, 1.165) is 11.3 Å². The third-order valence-corrected chi connectivity index (χ3v) is 4.62. The minimum absolute atomic E-state index is 0.0795. The number of furan rings is 1. The number of halogens is 1. The molecule has 0 saturated carbocycles. The van der Waals surface area contributed by atoms with Crippen molar-refractivity contribution in [1.29, 1.82) is 0 Å². The van der Waals surface area contributed by atoms with Gasteiger partial charge in [0.25, 0.3) is 0 Å². The molecule has 0 fully saturated rings. The number of hydrogen-bond acceptors (Lipinski definition) is 3. The highest BCUT2D eigenvalue weighted by Gasteiger charge is 2.11. The average molecular weight is 389 g/mol. The predicted octanol–water partition coefficient (Wildman–Crippen LogP) is 4.52. The Morgan fingerprint density at radius 1 is 1.03 bits per heavy atom. The Kier molecular flexibility index (Phi) is 5.52. The molecule has 4 aromatic rings. The zero-order valence-corrected chi connectivity index (χ0v) is 15.7. The number of nitrogens with zero attached hydrogens (tertiary/aromatic N) is 2. The lowest BCUT2D eigenvalue weighted by Crippen LogP contribution is -2.23. The second kappa shape index (κ2) is 8.56. The van der Waals surface area contributed by atoms with E-state index in [0.29, 0.717) is 30.0 Å². The normalized spacial score (nSPS) is 10.8. The van der Waals surface area contributed by atoms with E-state index in [-0.39, 0.29) is 18.1 Å². The third kappa shape index (κ3) is 4.43. The smallest absolute Gasteiger partial charge is 0.220 e. The summed E-state index contributed by atoms with van der Waals surface area (Å²) >= 11 is 0. The third-order valence-electron chi connectivity index (χ3n) is 4.62. The van der Waals surface area contributed by atoms with Crippen LogP contribution in [0.3, 0.4) is 0 Å². The number of aryl methyl sites for hydroxylation is 1. The molecule has 0 aliphatic carbocycles. The molecule has 5 nitrogen and oxygen atoms in total. The first kappa shape index (κ1) is 18.7. The summed E-state index contributed by atoms with van der Waals surface area (Å²) in [4.78, 5) is 12.3. The standard InChI is InChI=1S/C23H20FN3O2/c24-20-8-3-2-7-19(20)22-12-10-18(29-22)11-13-23(28)25-16-17-6-1-4-9-21(17)27-15-5-14-26-27/h1-10,12,14-15H,11,13,16H2,(H,25,28). The molecule has 2 heterocycles. The van der Waals surface area contributed by atoms with E-state index in [4.69, 9.17) is 4.42 Å². The van der Waals surface area contributed by atoms with Crippen LogP contribution in [0.25, 0.3) is 17.0 Å². The SMILES string of the molecule is O=C(CCc1ccc(-c2ccccc2F)o1)NCc1ccccc1-n1cccn1. The molecule has 0 bridgehead atoms. The summed E-state index contributed by atoms with van der Waals surface area (Å²) in [5.41, 5.74) is 2.32. The first-order valence-corrected chi connectivity index (χ1v) is 9.39. The maximum Gasteiger partial charge on any atom is 0.220 e. The van der Waals surface area contributed by atoms with Gasteiger partial charge in [0.15, 0.2) is 0 Å². The van der Waals surface area contributed by atoms with E-state index < -0.39 is 0 Å². The van der Waals surface area contributed by atoms with E-state index in [1.54, 1.807) is 41.2 Å². The van der Waals surface area contributed by atoms with Gasteiger partial charge >= 0.3 is 0 Å². The predicted molar refractivity (Wildman–Crippen MR) is 108 cm³/mol. The zero-order valence-electron chi connectivity index (χ0n) is 15.7. The van der Waals surface area contributed by atoms with Crippen LogP contribution in [0.4, 0.5) is 4.39 Å². The van der Waals surface area contributed by atoms with Gasteiger partial charge in [0.1, 0.15) is 17.3 Å². The van der Waals surface area contributed by atoms with Gasteiger partial charge in [-0.15, -0.1) is 0 Å². The van der Waals surface area contributed by atoms with Crippen molar-refractivity contribution >= 4 is 5.91 Å². The van der Waals surface area contributed by atoms with Crippen LogP contribution in [0.5, 0.6) is 0 Å². The van der Waals surface area contributed by atoms with Crippen molar-refractivity contribution in [3.8, 4) is 17.0 Å². The van der Waals surface area contributed by atoms with Crippen LogP contribution in [0.15, 0.2) is 83.5 Å². The fourth-order valence-corrected chi connectivity index (χ4v) is 3.13. The molecule has 4 rings (SSSR count). The number of nitrogens with one attached hydrogen (secondary N) is 1. The number of aromatic nitrogens is 2. The van der Waals surface area contributed by atoms with Crippen molar-refractivity contribution in [3.05, 3.63) is 96.3 Å². The number of hydrogen-bond donors (Lipinski definition) is 1. The fraction of sp³-hybridized carbons (Fsp3) is 0.130. The molecule has 0 radical (unpaired) electrons. The molecule has 6 heteroatoms. The molecular formula is C23H20FN3O2. The van der Waals surface area contributed by atoms with Crippen molar-refractivity contribution in [2.45, 2.75) is 19.4 Å². The second-order valence-corrected chi connectivity index (χ2v) is 6.60. The summed E-state index contributed by atoms with van der Waals surface area (Å²) in [6.45, 7) is 0.410. The highest BCUT2D eigenvalue weighted by atomic mass is 19.1. The first-order chi connectivity index (χ1) is 14.2. The van der Waals surface area contributed by atoms with Gasteiger partial charge in [-0.25, -0.2) is 9.07 Å². The summed E-state index contributed by atoms with van der Waals surface area (Å²) < 4.78 is 21.3. The molecule has 0 aliphatic rings. The second-order valence-electron chi connectivity index (χ2n) is 6.60. The fourth-order valence-electron chi connectivity index (χ4n) is 3.13. The van der Waals surface area contributed by atoms with Crippen molar-refractivity contribution in [2.24, 2.45) is 0 Å². The molecule has 0 saturated heterocycles. The Labute approximate surface area is 167 Å². The summed E-state index contributed by atoms with van der Waals surface area (Å²) in [5, 5.41) is 7.19. The molecule has 0 unspecified atom stereocenters. The van der Waals surface area contributed by atoms with Gasteiger partial charge in [0, 0.05) is 31.8 Å². The summed E-state index contributed by atoms with van der Waals surface area (Å²) in [5.74, 6) is 0.702. The molecular weight excluding hydrogens is 369 g/mol. The van der Waals surface area contributed by atoms with Crippen molar-refractivity contribution < 1.29 is 13.6 Å². The van der Waals surface area contributed by atoms with Crippen molar-refractivity contribution in [1.82, 2.24) is 15.1 Å². The molecule has 0 spiro atoms. The maximum absolute atomic E-state index is 13.9.